The maximum absolute atomic E-state index is 14.2. The van der Waals surface area contributed by atoms with Gasteiger partial charge in [-0.15, -0.1) is 10.2 Å². The Kier molecular flexibility index (Phi) is 6.93. The average Bonchev–Trinajstić information content (AvgIpc) is 3.39. The van der Waals surface area contributed by atoms with Crippen LogP contribution in [-0.4, -0.2) is 39.4 Å². The standard InChI is InChI=1S/C22H22Cl2FN5O2/c1-32-13-20-27-28-21(30(20)12-14-4-6-15(23)7-5-14)19-3-2-10-29(19)22(31)26-18-9-8-16(24)11-17(18)25/h4-9,11,19H,2-3,10,12-13H2,1H3,(H,26,31)/t19-/m1/s1. The normalized spacial score (nSPS) is 15.9. The number of urea groups is 1. The number of rotatable bonds is 6. The molecule has 1 aliphatic rings. The lowest BCUT2D eigenvalue weighted by Crippen LogP contribution is -2.36. The number of halogens is 3. The Balaban J connectivity index is 1.60. The molecule has 4 rings (SSSR count). The summed E-state index contributed by atoms with van der Waals surface area (Å²) in [4.78, 5) is 14.7. The Morgan fingerprint density at radius 2 is 1.94 bits per heavy atom. The van der Waals surface area contributed by atoms with E-state index in [-0.39, 0.29) is 23.4 Å². The van der Waals surface area contributed by atoms with E-state index in [4.69, 9.17) is 27.9 Å². The Bertz CT molecular complexity index is 1110. The average molecular weight is 478 g/mol. The number of carbonyl (C=O) groups is 1. The van der Waals surface area contributed by atoms with Crippen molar-refractivity contribution in [1.82, 2.24) is 19.7 Å². The van der Waals surface area contributed by atoms with Gasteiger partial charge < -0.3 is 19.5 Å². The van der Waals surface area contributed by atoms with E-state index in [9.17, 15) is 9.18 Å². The number of ether oxygens (including phenoxy) is 1. The van der Waals surface area contributed by atoms with E-state index in [1.165, 1.54) is 18.2 Å². The van der Waals surface area contributed by atoms with Gasteiger partial charge in [-0.1, -0.05) is 35.3 Å². The molecule has 1 aromatic heterocycles. The van der Waals surface area contributed by atoms with Gasteiger partial charge in [0, 0.05) is 23.7 Å². The fraction of sp³-hybridized carbons (Fsp3) is 0.318. The fourth-order valence-electron chi connectivity index (χ4n) is 3.83. The predicted molar refractivity (Wildman–Crippen MR) is 120 cm³/mol. The predicted octanol–water partition coefficient (Wildman–Crippen LogP) is 5.29. The van der Waals surface area contributed by atoms with Crippen molar-refractivity contribution in [2.45, 2.75) is 32.0 Å². The number of nitrogens with one attached hydrogen (secondary N) is 1. The highest BCUT2D eigenvalue weighted by Crippen LogP contribution is 2.33. The van der Waals surface area contributed by atoms with Gasteiger partial charge in [0.25, 0.3) is 0 Å². The van der Waals surface area contributed by atoms with Crippen molar-refractivity contribution in [2.24, 2.45) is 0 Å². The van der Waals surface area contributed by atoms with Crippen molar-refractivity contribution < 1.29 is 13.9 Å². The summed E-state index contributed by atoms with van der Waals surface area (Å²) in [6.07, 6.45) is 1.52. The first-order valence-corrected chi connectivity index (χ1v) is 10.9. The summed E-state index contributed by atoms with van der Waals surface area (Å²) in [6, 6.07) is 11.0. The molecule has 32 heavy (non-hydrogen) atoms. The molecule has 0 saturated carbocycles. The summed E-state index contributed by atoms with van der Waals surface area (Å²) in [5, 5.41) is 12.3. The van der Waals surface area contributed by atoms with Crippen molar-refractivity contribution in [3.8, 4) is 0 Å². The van der Waals surface area contributed by atoms with Gasteiger partial charge in [0.15, 0.2) is 11.6 Å². The molecule has 7 nitrogen and oxygen atoms in total. The third kappa shape index (κ3) is 4.87. The van der Waals surface area contributed by atoms with Crippen LogP contribution in [0.1, 0.15) is 36.1 Å². The van der Waals surface area contributed by atoms with E-state index in [1.807, 2.05) is 28.8 Å². The first kappa shape index (κ1) is 22.5. The molecule has 0 unspecified atom stereocenters. The molecule has 2 amide bonds. The van der Waals surface area contributed by atoms with Crippen LogP contribution in [0.25, 0.3) is 0 Å². The number of likely N-dealkylation sites (tertiary alicyclic amines) is 1. The highest BCUT2D eigenvalue weighted by Gasteiger charge is 2.34. The second kappa shape index (κ2) is 9.85. The van der Waals surface area contributed by atoms with Gasteiger partial charge >= 0.3 is 6.03 Å². The van der Waals surface area contributed by atoms with Crippen molar-refractivity contribution in [2.75, 3.05) is 19.0 Å². The van der Waals surface area contributed by atoms with E-state index in [2.05, 4.69) is 15.5 Å². The van der Waals surface area contributed by atoms with Crippen LogP contribution in [0.5, 0.6) is 0 Å². The van der Waals surface area contributed by atoms with Gasteiger partial charge in [-0.05, 0) is 48.7 Å². The number of benzene rings is 2. The molecule has 2 aromatic carbocycles. The molecule has 0 bridgehead atoms. The van der Waals surface area contributed by atoms with Crippen LogP contribution in [0.3, 0.4) is 0 Å². The second-order valence-corrected chi connectivity index (χ2v) is 8.40. The number of hydrogen-bond donors (Lipinski definition) is 1. The van der Waals surface area contributed by atoms with Crippen LogP contribution in [0.4, 0.5) is 14.9 Å². The van der Waals surface area contributed by atoms with Crippen molar-refractivity contribution in [3.63, 3.8) is 0 Å². The lowest BCUT2D eigenvalue weighted by atomic mass is 10.2. The van der Waals surface area contributed by atoms with Crippen LogP contribution in [0.15, 0.2) is 42.5 Å². The van der Waals surface area contributed by atoms with Crippen LogP contribution in [-0.2, 0) is 17.9 Å². The van der Waals surface area contributed by atoms with Gasteiger partial charge in [0.1, 0.15) is 12.4 Å². The molecule has 3 aromatic rings. The number of nitrogens with zero attached hydrogens (tertiary/aromatic N) is 4. The van der Waals surface area contributed by atoms with Crippen molar-refractivity contribution in [1.29, 1.82) is 0 Å². The van der Waals surface area contributed by atoms with E-state index in [0.717, 1.165) is 18.4 Å². The number of amides is 2. The van der Waals surface area contributed by atoms with E-state index < -0.39 is 11.8 Å². The summed E-state index contributed by atoms with van der Waals surface area (Å²) in [5.41, 5.74) is 1.10. The Morgan fingerprint density at radius 3 is 2.66 bits per heavy atom. The smallest absolute Gasteiger partial charge is 0.322 e. The SMILES string of the molecule is COCc1nnc([C@H]2CCCN2C(=O)Nc2ccc(Cl)cc2F)n1Cc1ccc(Cl)cc1. The number of anilines is 1. The zero-order valence-corrected chi connectivity index (χ0v) is 18.9. The molecule has 168 valence electrons. The summed E-state index contributed by atoms with van der Waals surface area (Å²) in [7, 11) is 1.59. The number of carbonyl (C=O) groups excluding carboxylic acids is 1. The Labute approximate surface area is 195 Å². The third-order valence-corrected chi connectivity index (χ3v) is 5.85. The lowest BCUT2D eigenvalue weighted by Gasteiger charge is -2.25. The Morgan fingerprint density at radius 1 is 1.19 bits per heavy atom. The van der Waals surface area contributed by atoms with E-state index in [1.54, 1.807) is 12.0 Å². The van der Waals surface area contributed by atoms with E-state index in [0.29, 0.717) is 29.8 Å². The summed E-state index contributed by atoms with van der Waals surface area (Å²) < 4.78 is 21.4. The molecule has 1 N–H and O–H groups in total. The quantitative estimate of drug-likeness (QED) is 0.523. The minimum atomic E-state index is -0.588. The van der Waals surface area contributed by atoms with Crippen LogP contribution in [0.2, 0.25) is 10.0 Å². The molecular weight excluding hydrogens is 456 g/mol. The van der Waals surface area contributed by atoms with Gasteiger partial charge in [-0.2, -0.15) is 0 Å². The summed E-state index contributed by atoms with van der Waals surface area (Å²) in [6.45, 7) is 1.32. The lowest BCUT2D eigenvalue weighted by molar-refractivity contribution is 0.173. The van der Waals surface area contributed by atoms with Gasteiger partial charge in [-0.3, -0.25) is 0 Å². The molecule has 1 saturated heterocycles. The summed E-state index contributed by atoms with van der Waals surface area (Å²) in [5.74, 6) is 0.736. The molecular formula is C22H22Cl2FN5O2. The minimum Gasteiger partial charge on any atom is -0.377 e. The molecule has 10 heteroatoms. The zero-order chi connectivity index (χ0) is 22.7. The van der Waals surface area contributed by atoms with Crippen molar-refractivity contribution in [3.05, 3.63) is 75.5 Å². The van der Waals surface area contributed by atoms with Gasteiger partial charge in [0.2, 0.25) is 0 Å². The third-order valence-electron chi connectivity index (χ3n) is 5.37. The van der Waals surface area contributed by atoms with Gasteiger partial charge in [-0.25, -0.2) is 9.18 Å². The first-order chi connectivity index (χ1) is 15.5. The number of aromatic nitrogens is 3. The van der Waals surface area contributed by atoms with Crippen LogP contribution < -0.4 is 5.32 Å². The molecule has 1 fully saturated rings. The number of methoxy groups -OCH3 is 1. The highest BCUT2D eigenvalue weighted by atomic mass is 35.5. The monoisotopic (exact) mass is 477 g/mol. The fourth-order valence-corrected chi connectivity index (χ4v) is 4.12. The topological polar surface area (TPSA) is 72.3 Å². The largest absolute Gasteiger partial charge is 0.377 e. The molecule has 1 atom stereocenters. The molecule has 2 heterocycles. The first-order valence-electron chi connectivity index (χ1n) is 10.1. The number of hydrogen-bond acceptors (Lipinski definition) is 4. The van der Waals surface area contributed by atoms with Gasteiger partial charge in [0.05, 0.1) is 18.3 Å². The molecule has 0 aliphatic carbocycles. The summed E-state index contributed by atoms with van der Waals surface area (Å²) >= 11 is 11.8. The molecule has 1 aliphatic heterocycles. The van der Waals surface area contributed by atoms with Crippen LogP contribution >= 0.6 is 23.2 Å². The maximum Gasteiger partial charge on any atom is 0.322 e. The zero-order valence-electron chi connectivity index (χ0n) is 17.4. The van der Waals surface area contributed by atoms with Crippen molar-refractivity contribution >= 4 is 34.9 Å². The highest BCUT2D eigenvalue weighted by molar-refractivity contribution is 6.30. The van der Waals surface area contributed by atoms with E-state index >= 15 is 0 Å². The maximum atomic E-state index is 14.2. The second-order valence-electron chi connectivity index (χ2n) is 7.53. The molecule has 0 spiro atoms. The molecule has 0 radical (unpaired) electrons. The minimum absolute atomic E-state index is 0.0766. The Hall–Kier alpha value is -2.68. The van der Waals surface area contributed by atoms with Crippen LogP contribution in [0, 0.1) is 5.82 Å².